The second-order valence-corrected chi connectivity index (χ2v) is 4.06. The van der Waals surface area contributed by atoms with Gasteiger partial charge < -0.3 is 20.4 Å². The van der Waals surface area contributed by atoms with E-state index in [9.17, 15) is 0 Å². The zero-order valence-corrected chi connectivity index (χ0v) is 11.2. The summed E-state index contributed by atoms with van der Waals surface area (Å²) in [5, 5.41) is 2.98. The van der Waals surface area contributed by atoms with Crippen molar-refractivity contribution >= 4 is 5.96 Å². The van der Waals surface area contributed by atoms with E-state index in [1.165, 1.54) is 0 Å². The molecule has 6 nitrogen and oxygen atoms in total. The summed E-state index contributed by atoms with van der Waals surface area (Å²) in [7, 11) is 1.66. The molecule has 0 fully saturated rings. The van der Waals surface area contributed by atoms with E-state index in [4.69, 9.17) is 10.5 Å². The van der Waals surface area contributed by atoms with E-state index in [1.807, 2.05) is 19.3 Å². The van der Waals surface area contributed by atoms with Crippen LogP contribution in [0.1, 0.15) is 18.7 Å². The van der Waals surface area contributed by atoms with Crippen molar-refractivity contribution in [3.63, 3.8) is 0 Å². The topological polar surface area (TPSA) is 77.5 Å². The normalized spacial score (nSPS) is 11.8. The molecule has 1 aromatic heterocycles. The lowest BCUT2D eigenvalue weighted by atomic mass is 10.3. The number of imidazole rings is 1. The molecule has 18 heavy (non-hydrogen) atoms. The predicted molar refractivity (Wildman–Crippen MR) is 72.6 cm³/mol. The number of aliphatic imine (C=N–C) groups is 1. The van der Waals surface area contributed by atoms with Gasteiger partial charge >= 0.3 is 0 Å². The summed E-state index contributed by atoms with van der Waals surface area (Å²) in [6.07, 6.45) is 5.92. The first-order chi connectivity index (χ1) is 8.74. The Morgan fingerprint density at radius 3 is 3.06 bits per heavy atom. The van der Waals surface area contributed by atoms with Gasteiger partial charge in [-0.1, -0.05) is 0 Å². The number of nitrogens with two attached hydrogens (primary N) is 1. The van der Waals surface area contributed by atoms with Crippen LogP contribution in [0.3, 0.4) is 0 Å². The number of hydrogen-bond acceptors (Lipinski definition) is 3. The van der Waals surface area contributed by atoms with Crippen LogP contribution in [0.5, 0.6) is 0 Å². The van der Waals surface area contributed by atoms with E-state index in [-0.39, 0.29) is 0 Å². The molecule has 0 saturated heterocycles. The Morgan fingerprint density at radius 2 is 2.39 bits per heavy atom. The number of nitrogens with one attached hydrogen (secondary N) is 1. The predicted octanol–water partition coefficient (Wildman–Crippen LogP) is 0.522. The Hall–Kier alpha value is -1.56. The molecule has 1 heterocycles. The maximum atomic E-state index is 5.68. The number of guanidine groups is 1. The van der Waals surface area contributed by atoms with Gasteiger partial charge in [-0.25, -0.2) is 4.98 Å². The van der Waals surface area contributed by atoms with E-state index < -0.39 is 0 Å². The van der Waals surface area contributed by atoms with Crippen molar-refractivity contribution in [2.24, 2.45) is 10.7 Å². The average Bonchev–Trinajstić information content (AvgIpc) is 2.75. The first-order valence-corrected chi connectivity index (χ1v) is 6.24. The van der Waals surface area contributed by atoms with Gasteiger partial charge in [0, 0.05) is 39.1 Å². The Balaban J connectivity index is 2.07. The molecule has 102 valence electrons. The average molecular weight is 253 g/mol. The summed E-state index contributed by atoms with van der Waals surface area (Å²) in [5.74, 6) is 1.55. The van der Waals surface area contributed by atoms with Crippen LogP contribution in [0, 0.1) is 6.92 Å². The molecule has 0 atom stereocenters. The maximum absolute atomic E-state index is 5.68. The van der Waals surface area contributed by atoms with E-state index in [0.717, 1.165) is 31.8 Å². The third-order valence-electron chi connectivity index (χ3n) is 2.63. The van der Waals surface area contributed by atoms with Gasteiger partial charge in [-0.15, -0.1) is 0 Å². The van der Waals surface area contributed by atoms with Crippen LogP contribution in [-0.2, 0) is 11.3 Å². The maximum Gasteiger partial charge on any atom is 0.188 e. The van der Waals surface area contributed by atoms with Crippen molar-refractivity contribution in [1.82, 2.24) is 14.9 Å². The number of aryl methyl sites for hydroxylation is 2. The summed E-state index contributed by atoms with van der Waals surface area (Å²) in [4.78, 5) is 8.42. The zero-order chi connectivity index (χ0) is 13.2. The van der Waals surface area contributed by atoms with Crippen molar-refractivity contribution in [3.8, 4) is 0 Å². The fourth-order valence-electron chi connectivity index (χ4n) is 1.57. The summed E-state index contributed by atoms with van der Waals surface area (Å²) in [5.41, 5.74) is 5.68. The highest BCUT2D eigenvalue weighted by molar-refractivity contribution is 5.77. The molecule has 0 aliphatic heterocycles. The molecule has 3 N–H and O–H groups in total. The van der Waals surface area contributed by atoms with E-state index >= 15 is 0 Å². The van der Waals surface area contributed by atoms with Crippen molar-refractivity contribution < 1.29 is 4.74 Å². The standard InChI is InChI=1S/C12H23N5O/c1-11-14-6-9-17(11)8-4-3-5-15-12(13)16-7-10-18-2/h6,9H,3-5,7-8,10H2,1-2H3,(H3,13,15,16). The number of methoxy groups -OCH3 is 1. The first kappa shape index (κ1) is 14.5. The Labute approximate surface area is 108 Å². The molecule has 0 aliphatic rings. The lowest BCUT2D eigenvalue weighted by Crippen LogP contribution is -2.34. The van der Waals surface area contributed by atoms with Gasteiger partial charge in [-0.05, 0) is 19.8 Å². The number of ether oxygens (including phenoxy) is 1. The highest BCUT2D eigenvalue weighted by atomic mass is 16.5. The van der Waals surface area contributed by atoms with E-state index in [1.54, 1.807) is 7.11 Å². The Kier molecular flexibility index (Phi) is 6.86. The van der Waals surface area contributed by atoms with Gasteiger partial charge in [0.1, 0.15) is 5.82 Å². The van der Waals surface area contributed by atoms with E-state index in [2.05, 4.69) is 19.9 Å². The minimum atomic E-state index is 0.492. The zero-order valence-electron chi connectivity index (χ0n) is 11.2. The molecule has 1 aromatic rings. The first-order valence-electron chi connectivity index (χ1n) is 6.24. The monoisotopic (exact) mass is 253 g/mol. The minimum Gasteiger partial charge on any atom is -0.383 e. The number of hydrogen-bond donors (Lipinski definition) is 2. The molecule has 0 saturated carbocycles. The van der Waals surface area contributed by atoms with Gasteiger partial charge in [0.2, 0.25) is 0 Å². The second-order valence-electron chi connectivity index (χ2n) is 4.06. The van der Waals surface area contributed by atoms with Crippen LogP contribution in [0.15, 0.2) is 17.4 Å². The fraction of sp³-hybridized carbons (Fsp3) is 0.667. The van der Waals surface area contributed by atoms with Gasteiger partial charge in [-0.3, -0.25) is 4.99 Å². The highest BCUT2D eigenvalue weighted by Crippen LogP contribution is 1.99. The van der Waals surface area contributed by atoms with Crippen molar-refractivity contribution in [2.75, 3.05) is 26.8 Å². The quantitative estimate of drug-likeness (QED) is 0.402. The lowest BCUT2D eigenvalue weighted by Gasteiger charge is -2.05. The Bertz CT molecular complexity index is 361. The fourth-order valence-corrected chi connectivity index (χ4v) is 1.57. The summed E-state index contributed by atoms with van der Waals surface area (Å²) in [6.45, 7) is 5.07. The lowest BCUT2D eigenvalue weighted by molar-refractivity contribution is 0.204. The van der Waals surface area contributed by atoms with Crippen LogP contribution in [0.2, 0.25) is 0 Å². The number of aromatic nitrogens is 2. The van der Waals surface area contributed by atoms with E-state index in [0.29, 0.717) is 19.1 Å². The molecule has 0 spiro atoms. The SMILES string of the molecule is COCCNC(N)=NCCCCn1ccnc1C. The van der Waals surface area contributed by atoms with Crippen molar-refractivity contribution in [1.29, 1.82) is 0 Å². The Morgan fingerprint density at radius 1 is 1.56 bits per heavy atom. The molecule has 6 heteroatoms. The van der Waals surface area contributed by atoms with Gasteiger partial charge in [0.05, 0.1) is 6.61 Å². The number of nitrogens with zero attached hydrogens (tertiary/aromatic N) is 3. The van der Waals surface area contributed by atoms with Crippen LogP contribution < -0.4 is 11.1 Å². The molecule has 0 aliphatic carbocycles. The van der Waals surface area contributed by atoms with Gasteiger partial charge in [-0.2, -0.15) is 0 Å². The third-order valence-corrected chi connectivity index (χ3v) is 2.63. The highest BCUT2D eigenvalue weighted by Gasteiger charge is 1.96. The largest absolute Gasteiger partial charge is 0.383 e. The molecule has 0 unspecified atom stereocenters. The molecule has 0 aromatic carbocycles. The smallest absolute Gasteiger partial charge is 0.188 e. The van der Waals surface area contributed by atoms with Crippen LogP contribution in [0.25, 0.3) is 0 Å². The van der Waals surface area contributed by atoms with Crippen molar-refractivity contribution in [2.45, 2.75) is 26.3 Å². The molecule has 1 rings (SSSR count). The molecule has 0 bridgehead atoms. The summed E-state index contributed by atoms with van der Waals surface area (Å²) < 4.78 is 7.05. The minimum absolute atomic E-state index is 0.492. The second kappa shape index (κ2) is 8.52. The summed E-state index contributed by atoms with van der Waals surface area (Å²) in [6, 6.07) is 0. The summed E-state index contributed by atoms with van der Waals surface area (Å²) >= 11 is 0. The number of rotatable bonds is 8. The van der Waals surface area contributed by atoms with Crippen LogP contribution in [-0.4, -0.2) is 42.3 Å². The molecular weight excluding hydrogens is 230 g/mol. The molecule has 0 radical (unpaired) electrons. The third kappa shape index (κ3) is 5.67. The van der Waals surface area contributed by atoms with Gasteiger partial charge in [0.25, 0.3) is 0 Å². The molecule has 0 amide bonds. The van der Waals surface area contributed by atoms with Crippen molar-refractivity contribution in [3.05, 3.63) is 18.2 Å². The molecular formula is C12H23N5O. The van der Waals surface area contributed by atoms with Gasteiger partial charge in [0.15, 0.2) is 5.96 Å². The van der Waals surface area contributed by atoms with Crippen LogP contribution in [0.4, 0.5) is 0 Å². The number of unbranched alkanes of at least 4 members (excludes halogenated alkanes) is 1. The van der Waals surface area contributed by atoms with Crippen LogP contribution >= 0.6 is 0 Å².